The monoisotopic (exact) mass is 419 g/mol. The van der Waals surface area contributed by atoms with Gasteiger partial charge in [-0.15, -0.1) is 0 Å². The number of anilines is 2. The third-order valence-electron chi connectivity index (χ3n) is 5.58. The highest BCUT2D eigenvalue weighted by atomic mass is 19.1. The lowest BCUT2D eigenvalue weighted by atomic mass is 10.0. The minimum absolute atomic E-state index is 0.0100. The van der Waals surface area contributed by atoms with E-state index in [4.69, 9.17) is 4.98 Å². The maximum absolute atomic E-state index is 13.4. The highest BCUT2D eigenvalue weighted by molar-refractivity contribution is 5.77. The molecule has 6 nitrogen and oxygen atoms in total. The quantitative estimate of drug-likeness (QED) is 0.598. The molecule has 0 saturated carbocycles. The Morgan fingerprint density at radius 3 is 2.94 bits per heavy atom. The lowest BCUT2D eigenvalue weighted by Crippen LogP contribution is -2.30. The van der Waals surface area contributed by atoms with E-state index in [2.05, 4.69) is 15.3 Å². The minimum Gasteiger partial charge on any atom is -0.334 e. The zero-order valence-electron chi connectivity index (χ0n) is 17.6. The summed E-state index contributed by atoms with van der Waals surface area (Å²) in [6.07, 6.45) is 8.75. The van der Waals surface area contributed by atoms with Crippen molar-refractivity contribution in [3.63, 3.8) is 0 Å². The Kier molecular flexibility index (Phi) is 6.50. The van der Waals surface area contributed by atoms with Crippen LogP contribution < -0.4 is 5.32 Å². The molecular weight excluding hydrogens is 393 g/mol. The third-order valence-corrected chi connectivity index (χ3v) is 5.58. The van der Waals surface area contributed by atoms with E-state index >= 15 is 0 Å². The van der Waals surface area contributed by atoms with E-state index in [0.717, 1.165) is 43.5 Å². The van der Waals surface area contributed by atoms with Crippen LogP contribution in [0.1, 0.15) is 48.5 Å². The fourth-order valence-corrected chi connectivity index (χ4v) is 4.02. The summed E-state index contributed by atoms with van der Waals surface area (Å²) in [6, 6.07) is 10.9. The van der Waals surface area contributed by atoms with Gasteiger partial charge >= 0.3 is 0 Å². The first kappa shape index (κ1) is 20.9. The molecule has 160 valence electrons. The Labute approximate surface area is 181 Å². The molecule has 3 heterocycles. The zero-order valence-corrected chi connectivity index (χ0v) is 17.6. The van der Waals surface area contributed by atoms with E-state index in [-0.39, 0.29) is 17.8 Å². The fraction of sp³-hybridized carbons (Fsp3) is 0.333. The second-order valence-corrected chi connectivity index (χ2v) is 7.85. The molecule has 31 heavy (non-hydrogen) atoms. The largest absolute Gasteiger partial charge is 0.334 e. The van der Waals surface area contributed by atoms with Crippen molar-refractivity contribution in [2.24, 2.45) is 0 Å². The fourth-order valence-electron chi connectivity index (χ4n) is 4.02. The number of amides is 1. The molecule has 0 radical (unpaired) electrons. The SMILES string of the molecule is Cc1cc(CCCC(=O)N2CCCC2c2cccc(Nc3cnccn3)n2)ccc1F. The standard InChI is InChI=1S/C24H26FN5O/c1-17-15-18(10-11-19(17)25)5-2-9-24(31)30-14-4-7-21(30)20-6-3-8-22(28-20)29-23-16-26-12-13-27-23/h3,6,8,10-13,15-16,21H,2,4-5,7,9,14H2,1H3,(H,27,28,29). The number of hydrogen-bond donors (Lipinski definition) is 1. The summed E-state index contributed by atoms with van der Waals surface area (Å²) in [5.41, 5.74) is 2.59. The zero-order chi connectivity index (χ0) is 21.6. The molecule has 3 aromatic rings. The van der Waals surface area contributed by atoms with Crippen molar-refractivity contribution in [1.82, 2.24) is 19.9 Å². The second-order valence-electron chi connectivity index (χ2n) is 7.85. The van der Waals surface area contributed by atoms with Crippen LogP contribution in [0.15, 0.2) is 55.0 Å². The average Bonchev–Trinajstić information content (AvgIpc) is 3.27. The van der Waals surface area contributed by atoms with Gasteiger partial charge in [-0.2, -0.15) is 0 Å². The van der Waals surface area contributed by atoms with Crippen molar-refractivity contribution >= 4 is 17.5 Å². The van der Waals surface area contributed by atoms with E-state index in [0.29, 0.717) is 23.6 Å². The Hall–Kier alpha value is -3.35. The smallest absolute Gasteiger partial charge is 0.223 e. The first-order chi connectivity index (χ1) is 15.1. The summed E-state index contributed by atoms with van der Waals surface area (Å²) in [5, 5.41) is 3.16. The number of likely N-dealkylation sites (tertiary alicyclic amines) is 1. The molecule has 2 aromatic heterocycles. The number of nitrogens with one attached hydrogen (secondary N) is 1. The maximum atomic E-state index is 13.4. The topological polar surface area (TPSA) is 71.0 Å². The average molecular weight is 420 g/mol. The van der Waals surface area contributed by atoms with Crippen molar-refractivity contribution in [2.75, 3.05) is 11.9 Å². The Balaban J connectivity index is 1.37. The highest BCUT2D eigenvalue weighted by Crippen LogP contribution is 2.32. The van der Waals surface area contributed by atoms with Crippen LogP contribution in [0, 0.1) is 12.7 Å². The van der Waals surface area contributed by atoms with Crippen LogP contribution in [0.25, 0.3) is 0 Å². The summed E-state index contributed by atoms with van der Waals surface area (Å²) in [7, 11) is 0. The number of benzene rings is 1. The van der Waals surface area contributed by atoms with Crippen molar-refractivity contribution in [3.05, 3.63) is 77.6 Å². The van der Waals surface area contributed by atoms with Crippen LogP contribution >= 0.6 is 0 Å². The molecule has 0 spiro atoms. The van der Waals surface area contributed by atoms with Gasteiger partial charge in [0.2, 0.25) is 5.91 Å². The van der Waals surface area contributed by atoms with E-state index in [1.54, 1.807) is 31.6 Å². The first-order valence-electron chi connectivity index (χ1n) is 10.6. The second kappa shape index (κ2) is 9.64. The first-order valence-corrected chi connectivity index (χ1v) is 10.6. The van der Waals surface area contributed by atoms with Gasteiger partial charge in [-0.1, -0.05) is 18.2 Å². The number of carbonyl (C=O) groups is 1. The Bertz CT molecular complexity index is 1040. The van der Waals surface area contributed by atoms with Crippen molar-refractivity contribution < 1.29 is 9.18 Å². The highest BCUT2D eigenvalue weighted by Gasteiger charge is 2.30. The van der Waals surface area contributed by atoms with E-state index in [9.17, 15) is 9.18 Å². The molecule has 1 amide bonds. The number of rotatable bonds is 7. The van der Waals surface area contributed by atoms with Crippen LogP contribution in [0.4, 0.5) is 16.0 Å². The maximum Gasteiger partial charge on any atom is 0.223 e. The van der Waals surface area contributed by atoms with Crippen LogP contribution in [0.3, 0.4) is 0 Å². The molecule has 4 rings (SSSR count). The molecule has 1 aliphatic heterocycles. The number of carbonyl (C=O) groups excluding carboxylic acids is 1. The van der Waals surface area contributed by atoms with Gasteiger partial charge in [-0.05, 0) is 61.9 Å². The molecule has 1 unspecified atom stereocenters. The van der Waals surface area contributed by atoms with Crippen LogP contribution in [-0.4, -0.2) is 32.3 Å². The van der Waals surface area contributed by atoms with Crippen molar-refractivity contribution in [3.8, 4) is 0 Å². The number of halogens is 1. The minimum atomic E-state index is -0.191. The van der Waals surface area contributed by atoms with Gasteiger partial charge in [0.15, 0.2) is 0 Å². The molecular formula is C24H26FN5O. The van der Waals surface area contributed by atoms with Crippen LogP contribution in [-0.2, 0) is 11.2 Å². The van der Waals surface area contributed by atoms with Gasteiger partial charge in [0.05, 0.1) is 17.9 Å². The van der Waals surface area contributed by atoms with Crippen LogP contribution in [0.2, 0.25) is 0 Å². The molecule has 1 aromatic carbocycles. The molecule has 1 fully saturated rings. The molecule has 7 heteroatoms. The van der Waals surface area contributed by atoms with Gasteiger partial charge in [0.25, 0.3) is 0 Å². The predicted molar refractivity (Wildman–Crippen MR) is 117 cm³/mol. The van der Waals surface area contributed by atoms with Gasteiger partial charge in [0, 0.05) is 25.4 Å². The Morgan fingerprint density at radius 1 is 1.23 bits per heavy atom. The molecule has 1 N–H and O–H groups in total. The summed E-state index contributed by atoms with van der Waals surface area (Å²) >= 11 is 0. The number of aryl methyl sites for hydroxylation is 2. The molecule has 0 aliphatic carbocycles. The molecule has 1 aliphatic rings. The third kappa shape index (κ3) is 5.23. The summed E-state index contributed by atoms with van der Waals surface area (Å²) < 4.78 is 13.4. The lowest BCUT2D eigenvalue weighted by Gasteiger charge is -2.25. The van der Waals surface area contributed by atoms with Gasteiger partial charge in [-0.3, -0.25) is 9.78 Å². The van der Waals surface area contributed by atoms with E-state index < -0.39 is 0 Å². The lowest BCUT2D eigenvalue weighted by molar-refractivity contribution is -0.132. The number of nitrogens with zero attached hydrogens (tertiary/aromatic N) is 4. The van der Waals surface area contributed by atoms with Gasteiger partial charge in [-0.25, -0.2) is 14.4 Å². The predicted octanol–water partition coefficient (Wildman–Crippen LogP) is 4.75. The van der Waals surface area contributed by atoms with Crippen molar-refractivity contribution in [2.45, 2.75) is 45.1 Å². The number of pyridine rings is 1. The van der Waals surface area contributed by atoms with E-state index in [1.165, 1.54) is 6.07 Å². The van der Waals surface area contributed by atoms with Crippen LogP contribution in [0.5, 0.6) is 0 Å². The summed E-state index contributed by atoms with van der Waals surface area (Å²) in [5.74, 6) is 1.27. The molecule has 1 saturated heterocycles. The Morgan fingerprint density at radius 2 is 2.13 bits per heavy atom. The number of aromatic nitrogens is 3. The molecule has 1 atom stereocenters. The van der Waals surface area contributed by atoms with Gasteiger partial charge in [0.1, 0.15) is 17.5 Å². The molecule has 0 bridgehead atoms. The summed E-state index contributed by atoms with van der Waals surface area (Å²) in [4.78, 5) is 27.9. The normalized spacial score (nSPS) is 15.8. The van der Waals surface area contributed by atoms with Crippen molar-refractivity contribution in [1.29, 1.82) is 0 Å². The number of hydrogen-bond acceptors (Lipinski definition) is 5. The van der Waals surface area contributed by atoms with E-state index in [1.807, 2.05) is 29.2 Å². The summed E-state index contributed by atoms with van der Waals surface area (Å²) in [6.45, 7) is 2.52. The van der Waals surface area contributed by atoms with Gasteiger partial charge < -0.3 is 10.2 Å².